The number of amides is 1. The lowest BCUT2D eigenvalue weighted by Crippen LogP contribution is -2.37. The van der Waals surface area contributed by atoms with E-state index in [-0.39, 0.29) is 0 Å². The fourth-order valence-electron chi connectivity index (χ4n) is 1.57. The topological polar surface area (TPSA) is 46.6 Å². The highest BCUT2D eigenvalue weighted by atomic mass is 16.5. The minimum Gasteiger partial charge on any atom is -0.459 e. The molecule has 0 aromatic carbocycles. The first-order valence-corrected chi connectivity index (χ1v) is 6.63. The molecule has 0 aliphatic heterocycles. The number of hydrogen-bond acceptors (Lipinski definition) is 3. The van der Waals surface area contributed by atoms with Crippen LogP contribution in [0.3, 0.4) is 0 Å². The number of esters is 1. The van der Waals surface area contributed by atoms with Crippen molar-refractivity contribution in [3.8, 4) is 0 Å². The van der Waals surface area contributed by atoms with E-state index in [1.165, 1.54) is 17.7 Å². The largest absolute Gasteiger partial charge is 0.459 e. The Morgan fingerprint density at radius 1 is 0.941 bits per heavy atom. The standard InChI is InChI=1S/C13H25NO3/c1-4-7-8-9-10-11-17-13(16)12(15)14(5-2)6-3/h4-11H2,1-3H3. The van der Waals surface area contributed by atoms with Gasteiger partial charge in [0, 0.05) is 13.1 Å². The zero-order valence-electron chi connectivity index (χ0n) is 11.3. The first kappa shape index (κ1) is 15.9. The van der Waals surface area contributed by atoms with Gasteiger partial charge in [0.2, 0.25) is 0 Å². The fraction of sp³-hybridized carbons (Fsp3) is 0.846. The van der Waals surface area contributed by atoms with Crippen molar-refractivity contribution >= 4 is 11.9 Å². The maximum Gasteiger partial charge on any atom is 0.397 e. The normalized spacial score (nSPS) is 10.1. The van der Waals surface area contributed by atoms with Crippen molar-refractivity contribution < 1.29 is 14.3 Å². The van der Waals surface area contributed by atoms with E-state index in [2.05, 4.69) is 6.92 Å². The monoisotopic (exact) mass is 243 g/mol. The molecule has 1 amide bonds. The first-order chi connectivity index (χ1) is 8.17. The highest BCUT2D eigenvalue weighted by Crippen LogP contribution is 2.02. The minimum absolute atomic E-state index is 0.357. The molecule has 4 nitrogen and oxygen atoms in total. The van der Waals surface area contributed by atoms with Gasteiger partial charge in [-0.25, -0.2) is 4.79 Å². The third kappa shape index (κ3) is 6.97. The molecule has 0 radical (unpaired) electrons. The molecule has 0 saturated carbocycles. The number of rotatable bonds is 8. The molecule has 100 valence electrons. The lowest BCUT2D eigenvalue weighted by atomic mass is 10.2. The van der Waals surface area contributed by atoms with Gasteiger partial charge in [-0.2, -0.15) is 0 Å². The van der Waals surface area contributed by atoms with Crippen LogP contribution in [-0.4, -0.2) is 36.5 Å². The fourth-order valence-corrected chi connectivity index (χ4v) is 1.57. The molecule has 0 heterocycles. The third-order valence-corrected chi connectivity index (χ3v) is 2.71. The van der Waals surface area contributed by atoms with E-state index in [0.29, 0.717) is 19.7 Å². The number of nitrogens with zero attached hydrogens (tertiary/aromatic N) is 1. The van der Waals surface area contributed by atoms with Gasteiger partial charge in [0.15, 0.2) is 0 Å². The summed E-state index contributed by atoms with van der Waals surface area (Å²) in [5, 5.41) is 0. The van der Waals surface area contributed by atoms with Gasteiger partial charge < -0.3 is 9.64 Å². The molecule has 0 atom stereocenters. The summed E-state index contributed by atoms with van der Waals surface area (Å²) < 4.78 is 4.94. The number of unbranched alkanes of at least 4 members (excludes halogenated alkanes) is 4. The number of likely N-dealkylation sites (N-methyl/N-ethyl adjacent to an activating group) is 1. The van der Waals surface area contributed by atoms with Crippen LogP contribution >= 0.6 is 0 Å². The summed E-state index contributed by atoms with van der Waals surface area (Å²) in [5.41, 5.74) is 0. The van der Waals surface area contributed by atoms with E-state index in [1.54, 1.807) is 0 Å². The van der Waals surface area contributed by atoms with Crippen LogP contribution in [0, 0.1) is 0 Å². The van der Waals surface area contributed by atoms with Gasteiger partial charge in [0.05, 0.1) is 6.61 Å². The summed E-state index contributed by atoms with van der Waals surface area (Å²) in [5.74, 6) is -1.24. The Morgan fingerprint density at radius 2 is 1.53 bits per heavy atom. The summed E-state index contributed by atoms with van der Waals surface area (Å²) in [6.45, 7) is 7.29. The van der Waals surface area contributed by atoms with E-state index in [4.69, 9.17) is 4.74 Å². The molecule has 17 heavy (non-hydrogen) atoms. The molecule has 0 aromatic rings. The summed E-state index contributed by atoms with van der Waals surface area (Å²) in [6.07, 6.45) is 5.47. The molecular formula is C13H25NO3. The van der Waals surface area contributed by atoms with Crippen LogP contribution < -0.4 is 0 Å². The molecule has 0 aliphatic rings. The van der Waals surface area contributed by atoms with E-state index in [0.717, 1.165) is 19.3 Å². The minimum atomic E-state index is -0.718. The smallest absolute Gasteiger partial charge is 0.397 e. The van der Waals surface area contributed by atoms with E-state index < -0.39 is 11.9 Å². The summed E-state index contributed by atoms with van der Waals surface area (Å²) in [7, 11) is 0. The Labute approximate surface area is 104 Å². The third-order valence-electron chi connectivity index (χ3n) is 2.71. The summed E-state index contributed by atoms with van der Waals surface area (Å²) in [6, 6.07) is 0. The Balaban J connectivity index is 3.67. The molecule has 0 saturated heterocycles. The van der Waals surface area contributed by atoms with Gasteiger partial charge in [0.1, 0.15) is 0 Å². The van der Waals surface area contributed by atoms with Crippen molar-refractivity contribution in [1.29, 1.82) is 0 Å². The number of hydrogen-bond donors (Lipinski definition) is 0. The molecule has 0 aliphatic carbocycles. The van der Waals surface area contributed by atoms with Crippen LogP contribution in [0.5, 0.6) is 0 Å². The van der Waals surface area contributed by atoms with Crippen molar-refractivity contribution in [2.45, 2.75) is 52.9 Å². The lowest BCUT2D eigenvalue weighted by Gasteiger charge is -2.17. The molecule has 0 N–H and O–H groups in total. The molecule has 0 aromatic heterocycles. The quantitative estimate of drug-likeness (QED) is 0.373. The molecule has 0 unspecified atom stereocenters. The Hall–Kier alpha value is -1.06. The molecule has 0 bridgehead atoms. The predicted octanol–water partition coefficient (Wildman–Crippen LogP) is 2.37. The van der Waals surface area contributed by atoms with Crippen molar-refractivity contribution in [2.75, 3.05) is 19.7 Å². The van der Waals surface area contributed by atoms with Crippen molar-refractivity contribution in [1.82, 2.24) is 4.90 Å². The average Bonchev–Trinajstić information content (AvgIpc) is 2.34. The van der Waals surface area contributed by atoms with Gasteiger partial charge in [-0.3, -0.25) is 4.79 Å². The SMILES string of the molecule is CCCCCCCOC(=O)C(=O)N(CC)CC. The predicted molar refractivity (Wildman–Crippen MR) is 67.6 cm³/mol. The highest BCUT2D eigenvalue weighted by molar-refractivity contribution is 6.32. The van der Waals surface area contributed by atoms with Crippen molar-refractivity contribution in [3.63, 3.8) is 0 Å². The highest BCUT2D eigenvalue weighted by Gasteiger charge is 2.20. The number of carbonyl (C=O) groups excluding carboxylic acids is 2. The lowest BCUT2D eigenvalue weighted by molar-refractivity contribution is -0.160. The second kappa shape index (κ2) is 10.1. The van der Waals surface area contributed by atoms with Crippen molar-refractivity contribution in [3.05, 3.63) is 0 Å². The zero-order valence-corrected chi connectivity index (χ0v) is 11.3. The summed E-state index contributed by atoms with van der Waals surface area (Å²) >= 11 is 0. The Morgan fingerprint density at radius 3 is 2.06 bits per heavy atom. The number of carbonyl (C=O) groups is 2. The maximum absolute atomic E-state index is 11.5. The van der Waals surface area contributed by atoms with E-state index in [1.807, 2.05) is 13.8 Å². The molecule has 0 rings (SSSR count). The van der Waals surface area contributed by atoms with Gasteiger partial charge in [-0.05, 0) is 20.3 Å². The molecule has 0 spiro atoms. The Kier molecular flexibility index (Phi) is 9.49. The van der Waals surface area contributed by atoms with Gasteiger partial charge in [-0.15, -0.1) is 0 Å². The molecular weight excluding hydrogens is 218 g/mol. The van der Waals surface area contributed by atoms with Crippen LogP contribution in [0.1, 0.15) is 52.9 Å². The molecule has 4 heteroatoms. The number of ether oxygens (including phenoxy) is 1. The van der Waals surface area contributed by atoms with Crippen LogP contribution in [0.15, 0.2) is 0 Å². The van der Waals surface area contributed by atoms with Crippen LogP contribution in [-0.2, 0) is 14.3 Å². The average molecular weight is 243 g/mol. The Bertz CT molecular complexity index is 225. The van der Waals surface area contributed by atoms with Crippen LogP contribution in [0.4, 0.5) is 0 Å². The van der Waals surface area contributed by atoms with Crippen molar-refractivity contribution in [2.24, 2.45) is 0 Å². The summed E-state index contributed by atoms with van der Waals surface area (Å²) in [4.78, 5) is 24.4. The van der Waals surface area contributed by atoms with Crippen LogP contribution in [0.25, 0.3) is 0 Å². The van der Waals surface area contributed by atoms with Gasteiger partial charge in [-0.1, -0.05) is 32.6 Å². The van der Waals surface area contributed by atoms with Gasteiger partial charge in [0.25, 0.3) is 0 Å². The second-order valence-electron chi connectivity index (χ2n) is 4.03. The van der Waals surface area contributed by atoms with Gasteiger partial charge >= 0.3 is 11.9 Å². The van der Waals surface area contributed by atoms with E-state index >= 15 is 0 Å². The second-order valence-corrected chi connectivity index (χ2v) is 4.03. The first-order valence-electron chi connectivity index (χ1n) is 6.63. The molecule has 0 fully saturated rings. The van der Waals surface area contributed by atoms with E-state index in [9.17, 15) is 9.59 Å². The zero-order chi connectivity index (χ0) is 13.1. The maximum atomic E-state index is 11.5. The van der Waals surface area contributed by atoms with Crippen LogP contribution in [0.2, 0.25) is 0 Å².